The maximum atomic E-state index is 12.7. The summed E-state index contributed by atoms with van der Waals surface area (Å²) in [6.07, 6.45) is 6.52. The summed E-state index contributed by atoms with van der Waals surface area (Å²) in [5.74, 6) is 0.699. The molecule has 0 heterocycles. The Morgan fingerprint density at radius 1 is 1.21 bits per heavy atom. The molecule has 2 aliphatic rings. The second-order valence-electron chi connectivity index (χ2n) is 7.43. The van der Waals surface area contributed by atoms with Gasteiger partial charge in [0.05, 0.1) is 4.90 Å². The molecule has 0 aliphatic heterocycles. The van der Waals surface area contributed by atoms with Gasteiger partial charge in [0.25, 0.3) is 5.91 Å². The molecule has 1 aromatic rings. The lowest BCUT2D eigenvalue weighted by molar-refractivity contribution is 0.0756. The fraction of sp³-hybridized carbons (Fsp3) is 0.611. The van der Waals surface area contributed by atoms with Crippen LogP contribution in [0.5, 0.6) is 0 Å². The number of benzene rings is 1. The normalized spacial score (nSPS) is 30.0. The second kappa shape index (κ2) is 6.48. The first-order valence-corrected chi connectivity index (χ1v) is 10.5. The molecule has 3 rings (SSSR count). The van der Waals surface area contributed by atoms with Crippen LogP contribution in [0.15, 0.2) is 23.1 Å². The zero-order chi connectivity index (χ0) is 17.5. The number of carbonyl (C=O) groups is 1. The van der Waals surface area contributed by atoms with Gasteiger partial charge in [-0.15, -0.1) is 0 Å². The van der Waals surface area contributed by atoms with Crippen LogP contribution in [-0.4, -0.2) is 32.7 Å². The Morgan fingerprint density at radius 3 is 2.42 bits per heavy atom. The van der Waals surface area contributed by atoms with Crippen molar-refractivity contribution in [3.63, 3.8) is 0 Å². The molecule has 2 aliphatic carbocycles. The lowest BCUT2D eigenvalue weighted by Crippen LogP contribution is -2.53. The maximum absolute atomic E-state index is 12.7. The van der Waals surface area contributed by atoms with E-state index in [0.717, 1.165) is 25.7 Å². The topological polar surface area (TPSA) is 89.3 Å². The van der Waals surface area contributed by atoms with Crippen molar-refractivity contribution in [2.75, 3.05) is 6.26 Å². The Labute approximate surface area is 143 Å². The van der Waals surface area contributed by atoms with E-state index in [1.165, 1.54) is 18.7 Å². The van der Waals surface area contributed by atoms with Crippen LogP contribution in [0.4, 0.5) is 0 Å². The van der Waals surface area contributed by atoms with Crippen LogP contribution in [0, 0.1) is 18.8 Å². The molecule has 0 radical (unpaired) electrons. The fourth-order valence-corrected chi connectivity index (χ4v) is 5.39. The van der Waals surface area contributed by atoms with Gasteiger partial charge in [0.2, 0.25) is 0 Å². The number of sulfone groups is 1. The molecule has 2 fully saturated rings. The van der Waals surface area contributed by atoms with Gasteiger partial charge in [0.1, 0.15) is 0 Å². The first-order valence-electron chi connectivity index (χ1n) is 8.63. The minimum atomic E-state index is -3.34. The number of hydrogen-bond acceptors (Lipinski definition) is 4. The summed E-state index contributed by atoms with van der Waals surface area (Å²) in [6.45, 7) is 1.74. The highest BCUT2D eigenvalue weighted by Crippen LogP contribution is 2.39. The highest BCUT2D eigenvalue weighted by Gasteiger charge is 2.40. The van der Waals surface area contributed by atoms with E-state index in [-0.39, 0.29) is 22.9 Å². The van der Waals surface area contributed by atoms with E-state index in [9.17, 15) is 13.2 Å². The van der Waals surface area contributed by atoms with Crippen LogP contribution in [0.2, 0.25) is 0 Å². The van der Waals surface area contributed by atoms with Crippen LogP contribution in [-0.2, 0) is 9.84 Å². The number of nitrogens with one attached hydrogen (secondary N) is 1. The Kier molecular flexibility index (Phi) is 4.71. The van der Waals surface area contributed by atoms with Gasteiger partial charge in [-0.1, -0.05) is 12.5 Å². The van der Waals surface area contributed by atoms with Gasteiger partial charge in [-0.3, -0.25) is 4.79 Å². The molecule has 5 nitrogen and oxygen atoms in total. The molecular weight excluding hydrogens is 324 g/mol. The minimum Gasteiger partial charge on any atom is -0.349 e. The van der Waals surface area contributed by atoms with E-state index >= 15 is 0 Å². The number of aryl methyl sites for hydroxylation is 1. The summed E-state index contributed by atoms with van der Waals surface area (Å²) >= 11 is 0. The third-order valence-electron chi connectivity index (χ3n) is 5.52. The van der Waals surface area contributed by atoms with Crippen molar-refractivity contribution in [3.8, 4) is 0 Å². The van der Waals surface area contributed by atoms with Gasteiger partial charge in [-0.05, 0) is 62.1 Å². The van der Waals surface area contributed by atoms with E-state index in [4.69, 9.17) is 5.73 Å². The number of amides is 1. The average molecular weight is 350 g/mol. The molecule has 6 heteroatoms. The van der Waals surface area contributed by atoms with Gasteiger partial charge >= 0.3 is 0 Å². The van der Waals surface area contributed by atoms with Crippen molar-refractivity contribution in [2.24, 2.45) is 17.6 Å². The van der Waals surface area contributed by atoms with Crippen molar-refractivity contribution >= 4 is 15.7 Å². The summed E-state index contributed by atoms with van der Waals surface area (Å²) in [5, 5.41) is 3.17. The number of carbonyl (C=O) groups excluding carboxylic acids is 1. The zero-order valence-electron chi connectivity index (χ0n) is 14.3. The number of nitrogens with two attached hydrogens (primary N) is 1. The molecule has 24 heavy (non-hydrogen) atoms. The number of hydrogen-bond donors (Lipinski definition) is 2. The Morgan fingerprint density at radius 2 is 1.83 bits per heavy atom. The minimum absolute atomic E-state index is 0.161. The van der Waals surface area contributed by atoms with E-state index in [1.54, 1.807) is 19.1 Å². The number of rotatable bonds is 3. The van der Waals surface area contributed by atoms with Gasteiger partial charge in [-0.25, -0.2) is 8.42 Å². The van der Waals surface area contributed by atoms with Crippen molar-refractivity contribution in [3.05, 3.63) is 29.3 Å². The molecule has 132 valence electrons. The summed E-state index contributed by atoms with van der Waals surface area (Å²) in [6, 6.07) is 5.29. The van der Waals surface area contributed by atoms with Crippen LogP contribution >= 0.6 is 0 Å². The third kappa shape index (κ3) is 3.49. The Bertz CT molecular complexity index is 731. The molecule has 0 aromatic heterocycles. The molecule has 0 spiro atoms. The van der Waals surface area contributed by atoms with Crippen molar-refractivity contribution in [1.29, 1.82) is 0 Å². The van der Waals surface area contributed by atoms with E-state index in [2.05, 4.69) is 5.32 Å². The zero-order valence-corrected chi connectivity index (χ0v) is 15.1. The highest BCUT2D eigenvalue weighted by atomic mass is 32.2. The highest BCUT2D eigenvalue weighted by molar-refractivity contribution is 7.90. The van der Waals surface area contributed by atoms with E-state index in [0.29, 0.717) is 23.0 Å². The van der Waals surface area contributed by atoms with Crippen LogP contribution in [0.1, 0.15) is 48.0 Å². The summed E-state index contributed by atoms with van der Waals surface area (Å²) < 4.78 is 23.7. The maximum Gasteiger partial charge on any atom is 0.251 e. The summed E-state index contributed by atoms with van der Waals surface area (Å²) in [4.78, 5) is 12.9. The summed E-state index contributed by atoms with van der Waals surface area (Å²) in [5.41, 5.74) is 7.21. The molecule has 0 saturated heterocycles. The van der Waals surface area contributed by atoms with Gasteiger partial charge < -0.3 is 11.1 Å². The van der Waals surface area contributed by atoms with Crippen molar-refractivity contribution < 1.29 is 13.2 Å². The van der Waals surface area contributed by atoms with Crippen LogP contribution in [0.3, 0.4) is 0 Å². The lowest BCUT2D eigenvalue weighted by Gasteiger charge is -2.45. The molecule has 2 atom stereocenters. The molecule has 2 unspecified atom stereocenters. The standard InChI is InChI=1S/C18H26N2O3S/c1-11-6-7-14(10-16(11)24(2,22)23)18(21)20-17-12-4-3-5-13(17)9-15(19)8-12/h6-7,10,12-13,15,17H,3-5,8-9,19H2,1-2H3,(H,20,21). The smallest absolute Gasteiger partial charge is 0.251 e. The summed E-state index contributed by atoms with van der Waals surface area (Å²) in [7, 11) is -3.34. The quantitative estimate of drug-likeness (QED) is 0.873. The second-order valence-corrected chi connectivity index (χ2v) is 9.42. The van der Waals surface area contributed by atoms with E-state index in [1.807, 2.05) is 0 Å². The van der Waals surface area contributed by atoms with Gasteiger partial charge in [0.15, 0.2) is 9.84 Å². The Hall–Kier alpha value is -1.40. The predicted octanol–water partition coefficient (Wildman–Crippen LogP) is 2.03. The third-order valence-corrected chi connectivity index (χ3v) is 6.76. The average Bonchev–Trinajstić information content (AvgIpc) is 2.47. The SMILES string of the molecule is Cc1ccc(C(=O)NC2C3CCCC2CC(N)C3)cc1S(C)(=O)=O. The lowest BCUT2D eigenvalue weighted by atomic mass is 9.67. The van der Waals surface area contributed by atoms with Crippen LogP contribution in [0.25, 0.3) is 0 Å². The van der Waals surface area contributed by atoms with Gasteiger partial charge in [-0.2, -0.15) is 0 Å². The first-order chi connectivity index (χ1) is 11.3. The van der Waals surface area contributed by atoms with Crippen molar-refractivity contribution in [1.82, 2.24) is 5.32 Å². The molecule has 3 N–H and O–H groups in total. The molecule has 1 aromatic carbocycles. The molecule has 1 amide bonds. The molecule has 2 bridgehead atoms. The van der Waals surface area contributed by atoms with Crippen LogP contribution < -0.4 is 11.1 Å². The first kappa shape index (κ1) is 17.4. The van der Waals surface area contributed by atoms with E-state index < -0.39 is 9.84 Å². The molecular formula is C18H26N2O3S. The number of fused-ring (bicyclic) bond motifs is 2. The van der Waals surface area contributed by atoms with Gasteiger partial charge in [0, 0.05) is 23.9 Å². The predicted molar refractivity (Wildman–Crippen MR) is 93.6 cm³/mol. The fourth-order valence-electron chi connectivity index (χ4n) is 4.40. The monoisotopic (exact) mass is 350 g/mol. The largest absolute Gasteiger partial charge is 0.349 e. The Balaban J connectivity index is 1.80. The molecule has 2 saturated carbocycles. The van der Waals surface area contributed by atoms with Crippen molar-refractivity contribution in [2.45, 2.75) is 56.0 Å².